The van der Waals surface area contributed by atoms with Crippen molar-refractivity contribution in [3.63, 3.8) is 0 Å². The number of rotatable bonds is 5. The Kier molecular flexibility index (Phi) is 10.3. The molecule has 0 radical (unpaired) electrons. The van der Waals surface area contributed by atoms with Gasteiger partial charge in [-0.25, -0.2) is 18.2 Å². The molecule has 2 aliphatic carbocycles. The third-order valence-electron chi connectivity index (χ3n) is 11.7. The van der Waals surface area contributed by atoms with E-state index >= 15 is 0 Å². The number of pyridine rings is 1. The second-order valence-corrected chi connectivity index (χ2v) is 18.9. The molecule has 1 saturated heterocycles. The van der Waals surface area contributed by atoms with E-state index < -0.39 is 91.5 Å². The van der Waals surface area contributed by atoms with E-state index in [2.05, 4.69) is 20.3 Å². The molecule has 2 aromatic rings. The summed E-state index contributed by atoms with van der Waals surface area (Å²) in [5.74, 6) is -3.49. The van der Waals surface area contributed by atoms with Crippen molar-refractivity contribution in [3.05, 3.63) is 46.6 Å². The van der Waals surface area contributed by atoms with Gasteiger partial charge in [-0.05, 0) is 90.3 Å². The van der Waals surface area contributed by atoms with Crippen molar-refractivity contribution in [1.82, 2.24) is 25.2 Å². The second-order valence-electron chi connectivity index (χ2n) is 16.3. The van der Waals surface area contributed by atoms with Gasteiger partial charge in [0.1, 0.15) is 23.2 Å². The summed E-state index contributed by atoms with van der Waals surface area (Å²) in [5.41, 5.74) is -4.13. The summed E-state index contributed by atoms with van der Waals surface area (Å²) in [7, 11) is -4.09. The first-order chi connectivity index (χ1) is 26.3. The molecule has 4 amide bonds. The number of sulfonamides is 1. The van der Waals surface area contributed by atoms with E-state index in [1.54, 1.807) is 19.9 Å². The molecule has 7 rings (SSSR count). The van der Waals surface area contributed by atoms with Crippen molar-refractivity contribution in [3.8, 4) is 5.75 Å². The third-order valence-corrected chi connectivity index (χ3v) is 14.1. The fourth-order valence-corrected chi connectivity index (χ4v) is 9.57. The zero-order chi connectivity index (χ0) is 40.4. The summed E-state index contributed by atoms with van der Waals surface area (Å²) in [6.07, 6.45) is 0.750. The largest absolute Gasteiger partial charge is 0.483 e. The summed E-state index contributed by atoms with van der Waals surface area (Å²) in [6.45, 7) is 4.48. The predicted molar refractivity (Wildman–Crippen MR) is 198 cm³/mol. The van der Waals surface area contributed by atoms with Crippen molar-refractivity contribution >= 4 is 56.3 Å². The van der Waals surface area contributed by atoms with Crippen molar-refractivity contribution in [2.45, 2.75) is 132 Å². The molecule has 3 aliphatic heterocycles. The highest BCUT2D eigenvalue weighted by Gasteiger charge is 2.64. The maximum atomic E-state index is 14.6. The first-order valence-corrected chi connectivity index (χ1v) is 20.8. The molecule has 56 heavy (non-hydrogen) atoms. The van der Waals surface area contributed by atoms with Crippen LogP contribution in [0.25, 0.3) is 10.9 Å². The van der Waals surface area contributed by atoms with Crippen LogP contribution in [0.4, 0.5) is 18.0 Å². The van der Waals surface area contributed by atoms with E-state index in [1.807, 2.05) is 6.08 Å². The lowest BCUT2D eigenvalue weighted by Crippen LogP contribution is -2.58. The summed E-state index contributed by atoms with van der Waals surface area (Å²) >= 11 is 6.24. The normalized spacial score (nSPS) is 29.5. The molecule has 18 heteroatoms. The number of fused-ring (bicyclic) bond motifs is 5. The molecule has 1 aromatic carbocycles. The zero-order valence-corrected chi connectivity index (χ0v) is 32.8. The number of ether oxygens (including phenoxy) is 2. The molecule has 2 saturated carbocycles. The Morgan fingerprint density at radius 2 is 1.88 bits per heavy atom. The second kappa shape index (κ2) is 14.4. The van der Waals surface area contributed by atoms with Gasteiger partial charge in [-0.3, -0.25) is 19.1 Å². The lowest BCUT2D eigenvalue weighted by molar-refractivity contribution is -0.144. The van der Waals surface area contributed by atoms with Crippen LogP contribution in [0.15, 0.2) is 30.4 Å². The number of halogens is 4. The van der Waals surface area contributed by atoms with Crippen LogP contribution >= 0.6 is 11.6 Å². The van der Waals surface area contributed by atoms with E-state index in [4.69, 9.17) is 21.1 Å². The summed E-state index contributed by atoms with van der Waals surface area (Å²) in [6, 6.07) is 1.80. The lowest BCUT2D eigenvalue weighted by atomic mass is 9.87. The van der Waals surface area contributed by atoms with E-state index in [-0.39, 0.29) is 54.8 Å². The topological polar surface area (TPSA) is 173 Å². The van der Waals surface area contributed by atoms with Crippen LogP contribution in [0.1, 0.15) is 96.2 Å². The average molecular weight is 824 g/mol. The number of carbonyl (C=O) groups is 4. The highest BCUT2D eigenvalue weighted by atomic mass is 35.5. The minimum Gasteiger partial charge on any atom is -0.483 e. The Morgan fingerprint density at radius 3 is 2.57 bits per heavy atom. The number of allylic oxidation sites excluding steroid dienone is 1. The maximum absolute atomic E-state index is 14.6. The van der Waals surface area contributed by atoms with Crippen LogP contribution < -0.4 is 20.1 Å². The number of carbonyl (C=O) groups excluding carboxylic acids is 4. The monoisotopic (exact) mass is 823 g/mol. The standard InChI is InChI=1S/C38H45ClF3N5O8S/c1-21(2)54-34(51)44-27-10-8-6-4-5-7-9-22-18-37(22,33(50)46-56(52,53)35(3)15-16-35)45-31(48)28-19-36(20-47(28)32(27)49)14-13-24-25-17-23(39)11-12-26(25)43-30(29(24)55-36)38(40,41)42/h7,9,11-12,17,21-22,27-28H,4-6,8,10,13-16,18-20H2,1-3H3,(H,44,51)(H,45,48)(H,46,50)/b9-7-/t22-,27+,28+,36-,37-/m1/s1. The minimum absolute atomic E-state index is 0.0619. The van der Waals surface area contributed by atoms with Crippen molar-refractivity contribution in [2.75, 3.05) is 6.54 Å². The number of aromatic nitrogens is 1. The van der Waals surface area contributed by atoms with Gasteiger partial charge in [0, 0.05) is 28.3 Å². The number of hydrogen-bond donors (Lipinski definition) is 3. The van der Waals surface area contributed by atoms with Gasteiger partial charge in [-0.1, -0.05) is 36.6 Å². The van der Waals surface area contributed by atoms with Crippen LogP contribution in [0, 0.1) is 5.92 Å². The number of nitrogens with one attached hydrogen (secondary N) is 3. The zero-order valence-electron chi connectivity index (χ0n) is 31.3. The van der Waals surface area contributed by atoms with E-state index in [1.165, 1.54) is 30.0 Å². The molecule has 5 atom stereocenters. The molecule has 13 nitrogen and oxygen atoms in total. The molecule has 5 aliphatic rings. The molecule has 304 valence electrons. The van der Waals surface area contributed by atoms with Gasteiger partial charge in [-0.15, -0.1) is 0 Å². The van der Waals surface area contributed by atoms with Crippen LogP contribution in [-0.4, -0.2) is 82.7 Å². The smallest absolute Gasteiger partial charge is 0.437 e. The highest BCUT2D eigenvalue weighted by Crippen LogP contribution is 2.50. The molecule has 1 aromatic heterocycles. The van der Waals surface area contributed by atoms with Gasteiger partial charge in [0.15, 0.2) is 11.4 Å². The number of alkyl carbamates (subject to hydrolysis) is 1. The first kappa shape index (κ1) is 40.1. The molecule has 3 N–H and O–H groups in total. The van der Waals surface area contributed by atoms with Crippen LogP contribution in [0.2, 0.25) is 5.02 Å². The molecule has 4 heterocycles. The third kappa shape index (κ3) is 7.64. The van der Waals surface area contributed by atoms with Crippen LogP contribution in [0.5, 0.6) is 5.75 Å². The fraction of sp³-hybridized carbons (Fsp3) is 0.605. The minimum atomic E-state index is -4.93. The van der Waals surface area contributed by atoms with Gasteiger partial charge in [0.05, 0.1) is 22.9 Å². The molecule has 0 bridgehead atoms. The summed E-state index contributed by atoms with van der Waals surface area (Å²) < 4.78 is 82.9. The molecule has 3 fully saturated rings. The number of alkyl halides is 3. The van der Waals surface area contributed by atoms with Gasteiger partial charge in [0.25, 0.3) is 5.91 Å². The van der Waals surface area contributed by atoms with E-state index in [9.17, 15) is 40.8 Å². The first-order valence-electron chi connectivity index (χ1n) is 19.0. The van der Waals surface area contributed by atoms with Gasteiger partial charge in [0.2, 0.25) is 21.8 Å². The van der Waals surface area contributed by atoms with Gasteiger partial charge in [-0.2, -0.15) is 13.2 Å². The number of benzene rings is 1. The molecular formula is C38H45ClF3N5O8S. The van der Waals surface area contributed by atoms with Crippen molar-refractivity contribution in [1.29, 1.82) is 0 Å². The highest BCUT2D eigenvalue weighted by molar-refractivity contribution is 7.91. The van der Waals surface area contributed by atoms with E-state index in [0.29, 0.717) is 43.9 Å². The average Bonchev–Trinajstić information content (AvgIpc) is 4.00. The van der Waals surface area contributed by atoms with Crippen LogP contribution in [0.3, 0.4) is 0 Å². The Morgan fingerprint density at radius 1 is 1.12 bits per heavy atom. The maximum Gasteiger partial charge on any atom is 0.437 e. The number of nitrogens with zero attached hydrogens (tertiary/aromatic N) is 2. The SMILES string of the molecule is CC(C)OC(=O)N[C@H]1CCCCC/C=C\[C@@H]2C[C@@]2(C(=O)NS(=O)(=O)C2(C)CC2)NC(=O)[C@@H]2C[C@]3(CCc4c(c(C(F)(F)F)nc5ccc(Cl)cc45)O3)CN2C1=O. The van der Waals surface area contributed by atoms with Crippen LogP contribution in [-0.2, 0) is 41.7 Å². The number of aryl methyl sites for hydroxylation is 1. The molecule has 0 unspecified atom stereocenters. The number of hydrogen-bond acceptors (Lipinski definition) is 9. The lowest BCUT2D eigenvalue weighted by Gasteiger charge is -2.37. The predicted octanol–water partition coefficient (Wildman–Crippen LogP) is 5.47. The fourth-order valence-electron chi connectivity index (χ4n) is 8.08. The Labute approximate surface area is 327 Å². The molecular weight excluding hydrogens is 779 g/mol. The Balaban J connectivity index is 1.27. The molecule has 1 spiro atoms. The van der Waals surface area contributed by atoms with Gasteiger partial charge >= 0.3 is 12.3 Å². The summed E-state index contributed by atoms with van der Waals surface area (Å²) in [5, 5.41) is 6.07. The quantitative estimate of drug-likeness (QED) is 0.331. The van der Waals surface area contributed by atoms with E-state index in [0.717, 1.165) is 0 Å². The van der Waals surface area contributed by atoms with Crippen molar-refractivity contribution in [2.24, 2.45) is 5.92 Å². The summed E-state index contributed by atoms with van der Waals surface area (Å²) in [4.78, 5) is 61.0. The van der Waals surface area contributed by atoms with Crippen molar-refractivity contribution < 1.29 is 50.2 Å². The Bertz CT molecular complexity index is 2110. The number of amides is 4. The van der Waals surface area contributed by atoms with Gasteiger partial charge < -0.3 is 25.0 Å². The Hall–Kier alpha value is -4.12.